The van der Waals surface area contributed by atoms with Crippen molar-refractivity contribution in [2.24, 2.45) is 0 Å². The molecule has 0 aliphatic rings. The average molecular weight is 293 g/mol. The number of amides is 1. The van der Waals surface area contributed by atoms with E-state index in [1.165, 1.54) is 0 Å². The van der Waals surface area contributed by atoms with E-state index in [2.05, 4.69) is 5.32 Å². The molecule has 0 bridgehead atoms. The molecular weight excluding hydrogens is 266 g/mol. The van der Waals surface area contributed by atoms with E-state index in [1.807, 2.05) is 31.2 Å². The van der Waals surface area contributed by atoms with Crippen molar-refractivity contribution in [1.29, 1.82) is 0 Å². The van der Waals surface area contributed by atoms with Gasteiger partial charge >= 0.3 is 0 Å². The lowest BCUT2D eigenvalue weighted by molar-refractivity contribution is -0.121. The van der Waals surface area contributed by atoms with Gasteiger partial charge in [-0.1, -0.05) is 31.0 Å². The molecule has 0 aliphatic carbocycles. The van der Waals surface area contributed by atoms with Crippen LogP contribution in [-0.4, -0.2) is 30.8 Å². The standard InChI is InChI=1S/C17H27NO3/c1-15-9-4-5-10-16(15)21-14-8-11-17(20)18-12-6-2-3-7-13-19/h4-5,9-10,19H,2-3,6-8,11-14H2,1H3,(H,18,20). The van der Waals surface area contributed by atoms with Gasteiger partial charge in [0.2, 0.25) is 5.91 Å². The first-order chi connectivity index (χ1) is 10.2. The highest BCUT2D eigenvalue weighted by atomic mass is 16.5. The van der Waals surface area contributed by atoms with E-state index in [-0.39, 0.29) is 12.5 Å². The number of benzene rings is 1. The van der Waals surface area contributed by atoms with Crippen LogP contribution >= 0.6 is 0 Å². The number of aliphatic hydroxyl groups is 1. The zero-order valence-corrected chi connectivity index (χ0v) is 12.9. The molecule has 0 saturated carbocycles. The van der Waals surface area contributed by atoms with Crippen molar-refractivity contribution in [3.8, 4) is 5.75 Å². The van der Waals surface area contributed by atoms with Crippen molar-refractivity contribution >= 4 is 5.91 Å². The van der Waals surface area contributed by atoms with E-state index in [1.54, 1.807) is 0 Å². The van der Waals surface area contributed by atoms with E-state index in [9.17, 15) is 4.79 Å². The van der Waals surface area contributed by atoms with Crippen LogP contribution in [0.25, 0.3) is 0 Å². The van der Waals surface area contributed by atoms with Crippen LogP contribution in [-0.2, 0) is 4.79 Å². The number of ether oxygens (including phenoxy) is 1. The maximum absolute atomic E-state index is 11.6. The molecule has 2 N–H and O–H groups in total. The van der Waals surface area contributed by atoms with Gasteiger partial charge in [-0.05, 0) is 37.8 Å². The molecule has 0 heterocycles. The molecule has 1 rings (SSSR count). The number of carbonyl (C=O) groups excluding carboxylic acids is 1. The fourth-order valence-electron chi connectivity index (χ4n) is 2.04. The zero-order chi connectivity index (χ0) is 15.3. The zero-order valence-electron chi connectivity index (χ0n) is 12.9. The summed E-state index contributed by atoms with van der Waals surface area (Å²) in [5, 5.41) is 11.6. The summed E-state index contributed by atoms with van der Waals surface area (Å²) in [5.41, 5.74) is 1.12. The van der Waals surface area contributed by atoms with E-state index >= 15 is 0 Å². The van der Waals surface area contributed by atoms with E-state index in [0.29, 0.717) is 13.0 Å². The minimum atomic E-state index is 0.0885. The van der Waals surface area contributed by atoms with E-state index in [0.717, 1.165) is 50.0 Å². The van der Waals surface area contributed by atoms with Crippen molar-refractivity contribution < 1.29 is 14.6 Å². The Kier molecular flexibility index (Phi) is 9.29. The molecule has 0 fully saturated rings. The third-order valence-electron chi connectivity index (χ3n) is 3.31. The van der Waals surface area contributed by atoms with E-state index in [4.69, 9.17) is 9.84 Å². The molecule has 0 spiro atoms. The van der Waals surface area contributed by atoms with Gasteiger partial charge in [0.25, 0.3) is 0 Å². The van der Waals surface area contributed by atoms with Gasteiger partial charge in [-0.3, -0.25) is 4.79 Å². The quantitative estimate of drug-likeness (QED) is 0.617. The third-order valence-corrected chi connectivity index (χ3v) is 3.31. The highest BCUT2D eigenvalue weighted by molar-refractivity contribution is 5.75. The summed E-state index contributed by atoms with van der Waals surface area (Å²) in [5.74, 6) is 0.979. The van der Waals surface area contributed by atoms with Crippen LogP contribution in [0.15, 0.2) is 24.3 Å². The molecule has 0 aromatic heterocycles. The number of carbonyl (C=O) groups is 1. The number of aliphatic hydroxyl groups excluding tert-OH is 1. The van der Waals surface area contributed by atoms with E-state index < -0.39 is 0 Å². The molecule has 1 aromatic carbocycles. The SMILES string of the molecule is Cc1ccccc1OCCCC(=O)NCCCCCCO. The lowest BCUT2D eigenvalue weighted by atomic mass is 10.2. The summed E-state index contributed by atoms with van der Waals surface area (Å²) in [7, 11) is 0. The van der Waals surface area contributed by atoms with Gasteiger partial charge in [-0.25, -0.2) is 0 Å². The monoisotopic (exact) mass is 293 g/mol. The van der Waals surface area contributed by atoms with Crippen molar-refractivity contribution in [3.63, 3.8) is 0 Å². The Hall–Kier alpha value is -1.55. The predicted octanol–water partition coefficient (Wildman–Crippen LogP) is 2.82. The topological polar surface area (TPSA) is 58.6 Å². The van der Waals surface area contributed by atoms with Crippen molar-refractivity contribution in [2.75, 3.05) is 19.8 Å². The van der Waals surface area contributed by atoms with Crippen LogP contribution in [0.3, 0.4) is 0 Å². The summed E-state index contributed by atoms with van der Waals surface area (Å²) in [6, 6.07) is 7.89. The molecule has 4 heteroatoms. The lowest BCUT2D eigenvalue weighted by Gasteiger charge is -2.09. The molecule has 0 radical (unpaired) electrons. The van der Waals surface area contributed by atoms with Gasteiger partial charge in [-0.2, -0.15) is 0 Å². The van der Waals surface area contributed by atoms with Crippen molar-refractivity contribution in [3.05, 3.63) is 29.8 Å². The largest absolute Gasteiger partial charge is 0.493 e. The highest BCUT2D eigenvalue weighted by Crippen LogP contribution is 2.16. The van der Waals surface area contributed by atoms with Gasteiger partial charge in [0.15, 0.2) is 0 Å². The molecule has 1 aromatic rings. The molecule has 0 saturated heterocycles. The van der Waals surface area contributed by atoms with Crippen LogP contribution in [0.2, 0.25) is 0 Å². The lowest BCUT2D eigenvalue weighted by Crippen LogP contribution is -2.24. The Balaban J connectivity index is 2.00. The Morgan fingerprint density at radius 1 is 1.14 bits per heavy atom. The van der Waals surface area contributed by atoms with Gasteiger partial charge < -0.3 is 15.2 Å². The maximum Gasteiger partial charge on any atom is 0.220 e. The van der Waals surface area contributed by atoms with Crippen molar-refractivity contribution in [1.82, 2.24) is 5.32 Å². The van der Waals surface area contributed by atoms with Crippen LogP contribution < -0.4 is 10.1 Å². The first kappa shape index (κ1) is 17.5. The molecule has 1 amide bonds. The number of hydrogen-bond donors (Lipinski definition) is 2. The second-order valence-electron chi connectivity index (χ2n) is 5.21. The Morgan fingerprint density at radius 3 is 2.67 bits per heavy atom. The first-order valence-corrected chi connectivity index (χ1v) is 7.80. The summed E-state index contributed by atoms with van der Waals surface area (Å²) >= 11 is 0. The van der Waals surface area contributed by atoms with Crippen LogP contribution in [0.5, 0.6) is 5.75 Å². The fourth-order valence-corrected chi connectivity index (χ4v) is 2.04. The number of unbranched alkanes of at least 4 members (excludes halogenated alkanes) is 3. The molecule has 0 unspecified atom stereocenters. The minimum absolute atomic E-state index is 0.0885. The van der Waals surface area contributed by atoms with Gasteiger partial charge in [0, 0.05) is 19.6 Å². The number of para-hydroxylation sites is 1. The Bertz CT molecular complexity index is 407. The van der Waals surface area contributed by atoms with Gasteiger partial charge in [-0.15, -0.1) is 0 Å². The van der Waals surface area contributed by atoms with Crippen molar-refractivity contribution in [2.45, 2.75) is 45.4 Å². The molecule has 21 heavy (non-hydrogen) atoms. The number of rotatable bonds is 11. The summed E-state index contributed by atoms with van der Waals surface area (Å²) in [6.07, 6.45) is 5.14. The molecule has 0 atom stereocenters. The molecule has 118 valence electrons. The smallest absolute Gasteiger partial charge is 0.220 e. The van der Waals surface area contributed by atoms with Crippen LogP contribution in [0, 0.1) is 6.92 Å². The average Bonchev–Trinajstić information content (AvgIpc) is 2.49. The Morgan fingerprint density at radius 2 is 1.90 bits per heavy atom. The fraction of sp³-hybridized carbons (Fsp3) is 0.588. The summed E-state index contributed by atoms with van der Waals surface area (Å²) in [6.45, 7) is 3.56. The third kappa shape index (κ3) is 8.35. The molecule has 4 nitrogen and oxygen atoms in total. The number of nitrogens with one attached hydrogen (secondary N) is 1. The van der Waals surface area contributed by atoms with Crippen LogP contribution in [0.4, 0.5) is 0 Å². The maximum atomic E-state index is 11.6. The highest BCUT2D eigenvalue weighted by Gasteiger charge is 2.02. The number of hydrogen-bond acceptors (Lipinski definition) is 3. The Labute approximate surface area is 127 Å². The first-order valence-electron chi connectivity index (χ1n) is 7.80. The second-order valence-corrected chi connectivity index (χ2v) is 5.21. The van der Waals surface area contributed by atoms with Gasteiger partial charge in [0.1, 0.15) is 5.75 Å². The summed E-state index contributed by atoms with van der Waals surface area (Å²) in [4.78, 5) is 11.6. The van der Waals surface area contributed by atoms with Crippen LogP contribution in [0.1, 0.15) is 44.1 Å². The van der Waals surface area contributed by atoms with Gasteiger partial charge in [0.05, 0.1) is 6.61 Å². The normalized spacial score (nSPS) is 10.4. The molecule has 0 aliphatic heterocycles. The predicted molar refractivity (Wildman–Crippen MR) is 84.5 cm³/mol. The summed E-state index contributed by atoms with van der Waals surface area (Å²) < 4.78 is 5.65. The second kappa shape index (κ2) is 11.1. The minimum Gasteiger partial charge on any atom is -0.493 e. The number of aryl methyl sites for hydroxylation is 1. The molecular formula is C17H27NO3.